The van der Waals surface area contributed by atoms with Gasteiger partial charge >= 0.3 is 5.97 Å². The summed E-state index contributed by atoms with van der Waals surface area (Å²) in [7, 11) is 0.377. The van der Waals surface area contributed by atoms with E-state index < -0.39 is 21.9 Å². The van der Waals surface area contributed by atoms with Gasteiger partial charge in [0, 0.05) is 24.4 Å². The number of amides is 1. The Balaban J connectivity index is 1.78. The van der Waals surface area contributed by atoms with Crippen LogP contribution in [0.15, 0.2) is 65.6 Å². The molecule has 0 bridgehead atoms. The minimum Gasteiger partial charge on any atom is -0.493 e. The standard InChI is InChI=1S/C25H25ClN2O7S/c1-5-35-25(30)20-14-17(8-12-21(20)26)27-24(29)16-6-9-18(10-7-16)28(2)36(31,32)19-11-13-22(33-3)23(15-19)34-4/h6-15H,5H2,1-4H3,(H,27,29). The van der Waals surface area contributed by atoms with E-state index in [1.165, 1.54) is 75.9 Å². The number of benzene rings is 3. The first-order valence-corrected chi connectivity index (χ1v) is 12.5. The van der Waals surface area contributed by atoms with Crippen LogP contribution in [0, 0.1) is 0 Å². The molecule has 3 aromatic carbocycles. The summed E-state index contributed by atoms with van der Waals surface area (Å²) in [5.74, 6) is -0.359. The average Bonchev–Trinajstić information content (AvgIpc) is 2.88. The number of sulfonamides is 1. The molecule has 1 amide bonds. The lowest BCUT2D eigenvalue weighted by Crippen LogP contribution is -2.26. The number of carbonyl (C=O) groups is 2. The zero-order chi connectivity index (χ0) is 26.5. The summed E-state index contributed by atoms with van der Waals surface area (Å²) in [6.07, 6.45) is 0. The van der Waals surface area contributed by atoms with Gasteiger partial charge in [-0.3, -0.25) is 9.10 Å². The third-order valence-electron chi connectivity index (χ3n) is 5.23. The number of halogens is 1. The molecule has 1 N–H and O–H groups in total. The number of hydrogen-bond donors (Lipinski definition) is 1. The summed E-state index contributed by atoms with van der Waals surface area (Å²) >= 11 is 6.06. The summed E-state index contributed by atoms with van der Waals surface area (Å²) < 4.78 is 42.7. The van der Waals surface area contributed by atoms with Crippen LogP contribution in [0.25, 0.3) is 0 Å². The molecule has 190 valence electrons. The van der Waals surface area contributed by atoms with Crippen LogP contribution in [0.4, 0.5) is 11.4 Å². The Hall–Kier alpha value is -3.76. The van der Waals surface area contributed by atoms with Gasteiger partial charge in [-0.25, -0.2) is 13.2 Å². The van der Waals surface area contributed by atoms with Gasteiger partial charge in [0.25, 0.3) is 15.9 Å². The van der Waals surface area contributed by atoms with Crippen LogP contribution < -0.4 is 19.1 Å². The van der Waals surface area contributed by atoms with E-state index in [1.54, 1.807) is 13.0 Å². The van der Waals surface area contributed by atoms with Gasteiger partial charge in [-0.15, -0.1) is 0 Å². The third-order valence-corrected chi connectivity index (χ3v) is 7.34. The van der Waals surface area contributed by atoms with Crippen LogP contribution in [0.5, 0.6) is 11.5 Å². The summed E-state index contributed by atoms with van der Waals surface area (Å²) in [5.41, 5.74) is 1.11. The minimum absolute atomic E-state index is 0.0182. The first-order valence-electron chi connectivity index (χ1n) is 10.7. The van der Waals surface area contributed by atoms with Crippen LogP contribution in [0.2, 0.25) is 5.02 Å². The fraction of sp³-hybridized carbons (Fsp3) is 0.200. The third kappa shape index (κ3) is 5.72. The molecule has 0 aliphatic heterocycles. The van der Waals surface area contributed by atoms with E-state index in [0.29, 0.717) is 17.1 Å². The predicted octanol–water partition coefficient (Wildman–Crippen LogP) is 4.61. The molecule has 36 heavy (non-hydrogen) atoms. The Kier molecular flexibility index (Phi) is 8.44. The largest absolute Gasteiger partial charge is 0.493 e. The highest BCUT2D eigenvalue weighted by molar-refractivity contribution is 7.92. The number of anilines is 2. The van der Waals surface area contributed by atoms with E-state index >= 15 is 0 Å². The molecule has 0 unspecified atom stereocenters. The van der Waals surface area contributed by atoms with Crippen molar-refractivity contribution in [3.8, 4) is 11.5 Å². The van der Waals surface area contributed by atoms with Crippen LogP contribution in [-0.2, 0) is 14.8 Å². The van der Waals surface area contributed by atoms with Crippen molar-refractivity contribution in [2.24, 2.45) is 0 Å². The summed E-state index contributed by atoms with van der Waals surface area (Å²) in [6, 6.07) is 14.8. The Labute approximate surface area is 214 Å². The molecule has 0 saturated carbocycles. The van der Waals surface area contributed by atoms with Crippen molar-refractivity contribution in [3.63, 3.8) is 0 Å². The molecule has 3 aromatic rings. The maximum Gasteiger partial charge on any atom is 0.339 e. The number of nitrogens with one attached hydrogen (secondary N) is 1. The molecule has 11 heteroatoms. The second kappa shape index (κ2) is 11.3. The smallest absolute Gasteiger partial charge is 0.339 e. The number of ether oxygens (including phenoxy) is 3. The highest BCUT2D eigenvalue weighted by atomic mass is 35.5. The second-order valence-electron chi connectivity index (χ2n) is 7.41. The SMILES string of the molecule is CCOC(=O)c1cc(NC(=O)c2ccc(N(C)S(=O)(=O)c3ccc(OC)c(OC)c3)cc2)ccc1Cl. The van der Waals surface area contributed by atoms with Gasteiger partial charge in [0.2, 0.25) is 0 Å². The van der Waals surface area contributed by atoms with Crippen molar-refractivity contribution in [1.29, 1.82) is 0 Å². The van der Waals surface area contributed by atoms with E-state index in [1.807, 2.05) is 0 Å². The molecule has 3 rings (SSSR count). The fourth-order valence-electron chi connectivity index (χ4n) is 3.27. The lowest BCUT2D eigenvalue weighted by Gasteiger charge is -2.20. The molecule has 0 radical (unpaired) electrons. The Morgan fingerprint density at radius 3 is 2.22 bits per heavy atom. The van der Waals surface area contributed by atoms with Gasteiger partial charge in [-0.05, 0) is 61.5 Å². The van der Waals surface area contributed by atoms with E-state index in [2.05, 4.69) is 5.32 Å². The van der Waals surface area contributed by atoms with Gasteiger partial charge in [-0.2, -0.15) is 0 Å². The maximum atomic E-state index is 13.1. The lowest BCUT2D eigenvalue weighted by atomic mass is 10.1. The molecule has 0 aliphatic carbocycles. The van der Waals surface area contributed by atoms with E-state index in [0.717, 1.165) is 4.31 Å². The molecule has 0 fully saturated rings. The summed E-state index contributed by atoms with van der Waals surface area (Å²) in [6.45, 7) is 1.87. The van der Waals surface area contributed by atoms with Gasteiger partial charge in [-0.1, -0.05) is 11.6 Å². The molecule has 0 aromatic heterocycles. The van der Waals surface area contributed by atoms with Crippen molar-refractivity contribution in [2.45, 2.75) is 11.8 Å². The lowest BCUT2D eigenvalue weighted by molar-refractivity contribution is 0.0526. The molecule has 0 spiro atoms. The Morgan fingerprint density at radius 2 is 1.61 bits per heavy atom. The minimum atomic E-state index is -3.91. The normalized spacial score (nSPS) is 10.9. The predicted molar refractivity (Wildman–Crippen MR) is 137 cm³/mol. The van der Waals surface area contributed by atoms with Gasteiger partial charge < -0.3 is 19.5 Å². The molecule has 0 aliphatic rings. The van der Waals surface area contributed by atoms with Crippen LogP contribution >= 0.6 is 11.6 Å². The molecule has 0 saturated heterocycles. The Bertz CT molecular complexity index is 1380. The van der Waals surface area contributed by atoms with Crippen LogP contribution in [0.3, 0.4) is 0 Å². The monoisotopic (exact) mass is 532 g/mol. The van der Waals surface area contributed by atoms with Crippen molar-refractivity contribution >= 4 is 44.9 Å². The van der Waals surface area contributed by atoms with Crippen LogP contribution in [-0.4, -0.2) is 48.2 Å². The number of methoxy groups -OCH3 is 2. The topological polar surface area (TPSA) is 111 Å². The van der Waals surface area contributed by atoms with Crippen molar-refractivity contribution in [2.75, 3.05) is 37.5 Å². The quantitative estimate of drug-likeness (QED) is 0.400. The zero-order valence-electron chi connectivity index (χ0n) is 20.1. The number of hydrogen-bond acceptors (Lipinski definition) is 7. The number of esters is 1. The van der Waals surface area contributed by atoms with Crippen molar-refractivity contribution in [1.82, 2.24) is 0 Å². The molecular formula is C25H25ClN2O7S. The fourth-order valence-corrected chi connectivity index (χ4v) is 4.67. The van der Waals surface area contributed by atoms with Gasteiger partial charge in [0.15, 0.2) is 11.5 Å². The maximum absolute atomic E-state index is 13.1. The first-order chi connectivity index (χ1) is 17.1. The second-order valence-corrected chi connectivity index (χ2v) is 9.78. The van der Waals surface area contributed by atoms with Crippen molar-refractivity contribution in [3.05, 3.63) is 76.8 Å². The van der Waals surface area contributed by atoms with Gasteiger partial charge in [0.05, 0.1) is 42.0 Å². The Morgan fingerprint density at radius 1 is 0.944 bits per heavy atom. The van der Waals surface area contributed by atoms with Crippen molar-refractivity contribution < 1.29 is 32.2 Å². The van der Waals surface area contributed by atoms with E-state index in [4.69, 9.17) is 25.8 Å². The van der Waals surface area contributed by atoms with Crippen LogP contribution in [0.1, 0.15) is 27.6 Å². The zero-order valence-corrected chi connectivity index (χ0v) is 21.6. The molecule has 0 atom stereocenters. The highest BCUT2D eigenvalue weighted by Gasteiger charge is 2.23. The highest BCUT2D eigenvalue weighted by Crippen LogP contribution is 2.31. The molecule has 9 nitrogen and oxygen atoms in total. The van der Waals surface area contributed by atoms with E-state index in [9.17, 15) is 18.0 Å². The number of rotatable bonds is 9. The molecule has 0 heterocycles. The first kappa shape index (κ1) is 26.8. The summed E-state index contributed by atoms with van der Waals surface area (Å²) in [4.78, 5) is 24.8. The summed E-state index contributed by atoms with van der Waals surface area (Å²) in [5, 5.41) is 2.89. The van der Waals surface area contributed by atoms with Gasteiger partial charge in [0.1, 0.15) is 0 Å². The average molecular weight is 533 g/mol. The number of carbonyl (C=O) groups excluding carboxylic acids is 2. The van der Waals surface area contributed by atoms with E-state index in [-0.39, 0.29) is 33.4 Å². The number of nitrogens with zero attached hydrogens (tertiary/aromatic N) is 1. The molecular weight excluding hydrogens is 508 g/mol.